The number of likely N-dealkylation sites (tertiary alicyclic amines) is 1. The summed E-state index contributed by atoms with van der Waals surface area (Å²) >= 11 is 0. The molecule has 0 aromatic carbocycles. The average Bonchev–Trinajstić information content (AvgIpc) is 3.06. The van der Waals surface area contributed by atoms with Gasteiger partial charge < -0.3 is 14.4 Å². The molecule has 1 N–H and O–H groups in total. The fourth-order valence-corrected chi connectivity index (χ4v) is 2.72. The standard InChI is InChI=1S/C14H21N5O2/c1-10-6-13(17-20-10)7-15-12-4-3-5-19(8-12)9-14-16-11(2)21-18-14/h6,12,15H,3-5,7-9H2,1-2H3. The van der Waals surface area contributed by atoms with E-state index in [4.69, 9.17) is 9.05 Å². The molecule has 114 valence electrons. The molecule has 1 aliphatic rings. The smallest absolute Gasteiger partial charge is 0.223 e. The van der Waals surface area contributed by atoms with Crippen LogP contribution in [0.4, 0.5) is 0 Å². The van der Waals surface area contributed by atoms with Crippen LogP contribution in [0.25, 0.3) is 0 Å². The van der Waals surface area contributed by atoms with Crippen LogP contribution in [-0.4, -0.2) is 39.3 Å². The number of hydrogen-bond donors (Lipinski definition) is 1. The van der Waals surface area contributed by atoms with Gasteiger partial charge in [0, 0.05) is 32.1 Å². The molecule has 3 rings (SSSR count). The van der Waals surface area contributed by atoms with E-state index in [9.17, 15) is 0 Å². The normalized spacial score (nSPS) is 20.0. The largest absolute Gasteiger partial charge is 0.361 e. The zero-order valence-corrected chi connectivity index (χ0v) is 12.5. The van der Waals surface area contributed by atoms with Gasteiger partial charge in [-0.25, -0.2) is 0 Å². The van der Waals surface area contributed by atoms with E-state index in [2.05, 4.69) is 25.5 Å². The maximum Gasteiger partial charge on any atom is 0.223 e. The molecule has 0 aliphatic carbocycles. The van der Waals surface area contributed by atoms with E-state index < -0.39 is 0 Å². The quantitative estimate of drug-likeness (QED) is 0.892. The minimum atomic E-state index is 0.462. The van der Waals surface area contributed by atoms with Gasteiger partial charge in [0.25, 0.3) is 0 Å². The van der Waals surface area contributed by atoms with Crippen LogP contribution in [0.3, 0.4) is 0 Å². The highest BCUT2D eigenvalue weighted by atomic mass is 16.5. The summed E-state index contributed by atoms with van der Waals surface area (Å²) in [5.41, 5.74) is 0.957. The summed E-state index contributed by atoms with van der Waals surface area (Å²) in [6.07, 6.45) is 2.35. The number of hydrogen-bond acceptors (Lipinski definition) is 7. The second kappa shape index (κ2) is 6.36. The second-order valence-electron chi connectivity index (χ2n) is 5.61. The number of nitrogens with one attached hydrogen (secondary N) is 1. The summed E-state index contributed by atoms with van der Waals surface area (Å²) in [5.74, 6) is 2.24. The highest BCUT2D eigenvalue weighted by molar-refractivity contribution is 5.03. The van der Waals surface area contributed by atoms with Crippen molar-refractivity contribution >= 4 is 0 Å². The third-order valence-electron chi connectivity index (χ3n) is 3.69. The molecule has 0 spiro atoms. The molecule has 1 aliphatic heterocycles. The highest BCUT2D eigenvalue weighted by Gasteiger charge is 2.21. The Bertz CT molecular complexity index is 579. The molecule has 21 heavy (non-hydrogen) atoms. The zero-order valence-electron chi connectivity index (χ0n) is 12.5. The second-order valence-corrected chi connectivity index (χ2v) is 5.61. The summed E-state index contributed by atoms with van der Waals surface area (Å²) in [7, 11) is 0. The zero-order chi connectivity index (χ0) is 14.7. The van der Waals surface area contributed by atoms with E-state index in [-0.39, 0.29) is 0 Å². The van der Waals surface area contributed by atoms with Crippen molar-refractivity contribution in [3.05, 3.63) is 29.2 Å². The van der Waals surface area contributed by atoms with Crippen LogP contribution in [0.15, 0.2) is 15.1 Å². The van der Waals surface area contributed by atoms with Gasteiger partial charge in [-0.1, -0.05) is 10.3 Å². The average molecular weight is 291 g/mol. The van der Waals surface area contributed by atoms with E-state index in [1.807, 2.05) is 19.9 Å². The molecule has 0 bridgehead atoms. The summed E-state index contributed by atoms with van der Waals surface area (Å²) in [6, 6.07) is 2.43. The third-order valence-corrected chi connectivity index (χ3v) is 3.69. The number of aryl methyl sites for hydroxylation is 2. The molecule has 1 fully saturated rings. The Morgan fingerprint density at radius 1 is 1.33 bits per heavy atom. The lowest BCUT2D eigenvalue weighted by Crippen LogP contribution is -2.45. The van der Waals surface area contributed by atoms with E-state index in [0.29, 0.717) is 11.9 Å². The van der Waals surface area contributed by atoms with Gasteiger partial charge in [-0.15, -0.1) is 0 Å². The summed E-state index contributed by atoms with van der Waals surface area (Å²) in [4.78, 5) is 6.62. The number of aromatic nitrogens is 3. The van der Waals surface area contributed by atoms with Gasteiger partial charge in [0.1, 0.15) is 5.76 Å². The van der Waals surface area contributed by atoms with Gasteiger partial charge in [0.05, 0.1) is 12.2 Å². The minimum absolute atomic E-state index is 0.462. The summed E-state index contributed by atoms with van der Waals surface area (Å²) in [6.45, 7) is 7.29. The Morgan fingerprint density at radius 2 is 2.24 bits per heavy atom. The van der Waals surface area contributed by atoms with E-state index in [1.54, 1.807) is 0 Å². The molecule has 2 aromatic heterocycles. The number of nitrogens with zero attached hydrogens (tertiary/aromatic N) is 4. The lowest BCUT2D eigenvalue weighted by Gasteiger charge is -2.32. The maximum absolute atomic E-state index is 5.08. The first-order valence-electron chi connectivity index (χ1n) is 7.36. The van der Waals surface area contributed by atoms with Crippen LogP contribution in [0.2, 0.25) is 0 Å². The third kappa shape index (κ3) is 3.89. The molecule has 7 heteroatoms. The monoisotopic (exact) mass is 291 g/mol. The SMILES string of the molecule is Cc1cc(CNC2CCCN(Cc3noc(C)n3)C2)no1. The molecule has 0 radical (unpaired) electrons. The molecule has 0 amide bonds. The van der Waals surface area contributed by atoms with Crippen molar-refractivity contribution in [2.45, 2.75) is 45.8 Å². The summed E-state index contributed by atoms with van der Waals surface area (Å²) < 4.78 is 10.1. The Hall–Kier alpha value is -1.73. The van der Waals surface area contributed by atoms with Crippen LogP contribution in [0, 0.1) is 13.8 Å². The van der Waals surface area contributed by atoms with Crippen molar-refractivity contribution in [1.29, 1.82) is 0 Å². The molecule has 1 unspecified atom stereocenters. The molecule has 1 saturated heterocycles. The lowest BCUT2D eigenvalue weighted by atomic mass is 10.1. The fourth-order valence-electron chi connectivity index (χ4n) is 2.72. The van der Waals surface area contributed by atoms with Crippen LogP contribution in [0.5, 0.6) is 0 Å². The van der Waals surface area contributed by atoms with Gasteiger partial charge in [0.15, 0.2) is 5.82 Å². The molecule has 3 heterocycles. The van der Waals surface area contributed by atoms with Crippen LogP contribution in [-0.2, 0) is 13.1 Å². The van der Waals surface area contributed by atoms with Gasteiger partial charge >= 0.3 is 0 Å². The van der Waals surface area contributed by atoms with Crippen molar-refractivity contribution < 1.29 is 9.05 Å². The van der Waals surface area contributed by atoms with Crippen LogP contribution >= 0.6 is 0 Å². The Morgan fingerprint density at radius 3 is 2.95 bits per heavy atom. The van der Waals surface area contributed by atoms with E-state index >= 15 is 0 Å². The van der Waals surface area contributed by atoms with E-state index in [0.717, 1.165) is 43.5 Å². The Kier molecular flexibility index (Phi) is 4.31. The maximum atomic E-state index is 5.08. The molecule has 2 aromatic rings. The molecular formula is C14H21N5O2. The number of rotatable bonds is 5. The molecule has 1 atom stereocenters. The Balaban J connectivity index is 1.48. The molecule has 0 saturated carbocycles. The fraction of sp³-hybridized carbons (Fsp3) is 0.643. The van der Waals surface area contributed by atoms with Crippen LogP contribution < -0.4 is 5.32 Å². The van der Waals surface area contributed by atoms with E-state index in [1.165, 1.54) is 12.8 Å². The predicted octanol–water partition coefficient (Wildman–Crippen LogP) is 1.43. The predicted molar refractivity (Wildman–Crippen MR) is 75.4 cm³/mol. The summed E-state index contributed by atoms with van der Waals surface area (Å²) in [5, 5.41) is 11.5. The first-order valence-corrected chi connectivity index (χ1v) is 7.36. The molecule has 7 nitrogen and oxygen atoms in total. The van der Waals surface area contributed by atoms with Crippen molar-refractivity contribution in [2.75, 3.05) is 13.1 Å². The van der Waals surface area contributed by atoms with Gasteiger partial charge in [-0.2, -0.15) is 4.98 Å². The number of piperidine rings is 1. The Labute approximate surface area is 123 Å². The highest BCUT2D eigenvalue weighted by Crippen LogP contribution is 2.13. The van der Waals surface area contributed by atoms with Gasteiger partial charge in [-0.05, 0) is 26.3 Å². The molecular weight excluding hydrogens is 270 g/mol. The van der Waals surface area contributed by atoms with Crippen molar-refractivity contribution in [3.8, 4) is 0 Å². The minimum Gasteiger partial charge on any atom is -0.361 e. The van der Waals surface area contributed by atoms with Gasteiger partial charge in [-0.3, -0.25) is 4.90 Å². The van der Waals surface area contributed by atoms with Crippen LogP contribution in [0.1, 0.15) is 36.0 Å². The van der Waals surface area contributed by atoms with Crippen molar-refractivity contribution in [3.63, 3.8) is 0 Å². The topological polar surface area (TPSA) is 80.2 Å². The van der Waals surface area contributed by atoms with Gasteiger partial charge in [0.2, 0.25) is 5.89 Å². The van der Waals surface area contributed by atoms with Crippen molar-refractivity contribution in [1.82, 2.24) is 25.5 Å². The first kappa shape index (κ1) is 14.2. The van der Waals surface area contributed by atoms with Crippen molar-refractivity contribution in [2.24, 2.45) is 0 Å². The lowest BCUT2D eigenvalue weighted by molar-refractivity contribution is 0.176. The first-order chi connectivity index (χ1) is 10.2.